The lowest BCUT2D eigenvalue weighted by Gasteiger charge is -2.43. The van der Waals surface area contributed by atoms with Gasteiger partial charge in [0.05, 0.1) is 10.6 Å². The zero-order valence-corrected chi connectivity index (χ0v) is 31.1. The molecule has 0 radical (unpaired) electrons. The fourth-order valence-corrected chi connectivity index (χ4v) is 9.84. The smallest absolute Gasteiger partial charge is 0.339 e. The Kier molecular flexibility index (Phi) is 9.99. The number of sulfone groups is 1. The molecule has 3 N–H and O–H groups in total. The van der Waals surface area contributed by atoms with Crippen LogP contribution in [0.3, 0.4) is 0 Å². The van der Waals surface area contributed by atoms with Crippen LogP contribution in [0.25, 0.3) is 10.1 Å². The fraction of sp³-hybridized carbons (Fsp3) is 0.361. The summed E-state index contributed by atoms with van der Waals surface area (Å²) in [4.78, 5) is 64.1. The molecule has 1 fully saturated rings. The molecule has 1 aromatic heterocycles. The van der Waals surface area contributed by atoms with Gasteiger partial charge in [0.15, 0.2) is 9.84 Å². The molecule has 2 aliphatic heterocycles. The highest BCUT2D eigenvalue weighted by Crippen LogP contribution is 2.59. The summed E-state index contributed by atoms with van der Waals surface area (Å²) in [6, 6.07) is 18.4. The van der Waals surface area contributed by atoms with Gasteiger partial charge in [0.2, 0.25) is 11.8 Å². The third-order valence-electron chi connectivity index (χ3n) is 9.61. The molecule has 52 heavy (non-hydrogen) atoms. The maximum atomic E-state index is 14.6. The molecule has 3 aromatic carbocycles. The average molecular weight is 774 g/mol. The number of nitrogens with zero attached hydrogens (tertiary/aromatic N) is 2. The molecule has 11 nitrogen and oxygen atoms in total. The van der Waals surface area contributed by atoms with Crippen LogP contribution in [0.15, 0.2) is 78.9 Å². The van der Waals surface area contributed by atoms with Crippen molar-refractivity contribution in [2.24, 2.45) is 5.41 Å². The second-order valence-corrected chi connectivity index (χ2v) is 19.3. The molecule has 0 saturated carbocycles. The Morgan fingerprint density at radius 1 is 0.962 bits per heavy atom. The topological polar surface area (TPSA) is 161 Å². The first-order valence-electron chi connectivity index (χ1n) is 16.5. The van der Waals surface area contributed by atoms with E-state index in [4.69, 9.17) is 0 Å². The van der Waals surface area contributed by atoms with Crippen LogP contribution in [-0.4, -0.2) is 76.7 Å². The number of alkyl halides is 2. The van der Waals surface area contributed by atoms with E-state index < -0.39 is 69.1 Å². The third kappa shape index (κ3) is 7.29. The van der Waals surface area contributed by atoms with E-state index in [1.807, 2.05) is 24.3 Å². The van der Waals surface area contributed by atoms with E-state index in [0.29, 0.717) is 10.3 Å². The molecular formula is C36H38F2N3O8PS2. The molecule has 3 atom stereocenters. The first-order chi connectivity index (χ1) is 24.3. The summed E-state index contributed by atoms with van der Waals surface area (Å²) in [5.74, 6) is -1.83. The predicted octanol–water partition coefficient (Wildman–Crippen LogP) is 5.22. The Hall–Kier alpha value is -4.01. The van der Waals surface area contributed by atoms with Crippen LogP contribution in [-0.2, 0) is 42.6 Å². The molecular weight excluding hydrogens is 736 g/mol. The summed E-state index contributed by atoms with van der Waals surface area (Å²) in [7, 11) is -9.36. The van der Waals surface area contributed by atoms with Gasteiger partial charge in [-0.25, -0.2) is 8.42 Å². The van der Waals surface area contributed by atoms with Gasteiger partial charge in [-0.15, -0.1) is 11.3 Å². The molecule has 0 bridgehead atoms. The summed E-state index contributed by atoms with van der Waals surface area (Å²) in [6.45, 7) is 5.24. The Bertz CT molecular complexity index is 2200. The van der Waals surface area contributed by atoms with Crippen molar-refractivity contribution in [1.29, 1.82) is 0 Å². The van der Waals surface area contributed by atoms with E-state index in [0.717, 1.165) is 34.6 Å². The van der Waals surface area contributed by atoms with Crippen LogP contribution in [0, 0.1) is 5.41 Å². The zero-order valence-electron chi connectivity index (χ0n) is 28.5. The van der Waals surface area contributed by atoms with Crippen molar-refractivity contribution < 1.29 is 45.9 Å². The van der Waals surface area contributed by atoms with E-state index in [-0.39, 0.29) is 42.1 Å². The van der Waals surface area contributed by atoms with Gasteiger partial charge in [-0.05, 0) is 45.7 Å². The van der Waals surface area contributed by atoms with E-state index >= 15 is 0 Å². The first-order valence-corrected chi connectivity index (χ1v) is 20.6. The van der Waals surface area contributed by atoms with Crippen LogP contribution >= 0.6 is 18.9 Å². The fourth-order valence-electron chi connectivity index (χ4n) is 6.68. The second-order valence-electron chi connectivity index (χ2n) is 14.2. The number of benzene rings is 3. The Morgan fingerprint density at radius 2 is 1.62 bits per heavy atom. The maximum Gasteiger partial charge on any atom is 0.399 e. The summed E-state index contributed by atoms with van der Waals surface area (Å²) in [5, 5.41) is 2.05. The van der Waals surface area contributed by atoms with E-state index in [9.17, 15) is 45.9 Å². The number of nitrogens with one attached hydrogen (secondary N) is 1. The lowest BCUT2D eigenvalue weighted by atomic mass is 9.84. The van der Waals surface area contributed by atoms with Crippen LogP contribution in [0.5, 0.6) is 0 Å². The lowest BCUT2D eigenvalue weighted by Crippen LogP contribution is -2.61. The van der Waals surface area contributed by atoms with Gasteiger partial charge in [-0.2, -0.15) is 8.78 Å². The van der Waals surface area contributed by atoms with Crippen molar-refractivity contribution in [1.82, 2.24) is 15.1 Å². The molecule has 276 valence electrons. The van der Waals surface area contributed by atoms with E-state index in [2.05, 4.69) is 5.32 Å². The zero-order chi connectivity index (χ0) is 37.8. The number of rotatable bonds is 7. The van der Waals surface area contributed by atoms with Crippen molar-refractivity contribution in [3.05, 3.63) is 106 Å². The maximum absolute atomic E-state index is 14.6. The van der Waals surface area contributed by atoms with Crippen molar-refractivity contribution in [2.45, 2.75) is 56.7 Å². The summed E-state index contributed by atoms with van der Waals surface area (Å²) in [5.41, 5.74) is -3.92. The van der Waals surface area contributed by atoms with Crippen molar-refractivity contribution in [3.8, 4) is 0 Å². The standard InChI is InChI=1S/C36H38F2N3O8PS2/c1-35(2,3)31(39-32(42)29-19-25-17-26(13-14-28(25)51-29)36(37,38)50(45,46)47)34(44)41-20-24-12-8-7-11-23(24)18-27(41)33(43)40-15-16-52(48,49)30(21-40)22-9-5-4-6-10-22/h4-14,17,19,27,30-31H,15-16,18,20-21H2,1-3H3,(H,39,42)(H2,45,46,47)/t27-,30+,31+/m0/s1. The van der Waals surface area contributed by atoms with Gasteiger partial charge in [-0.1, -0.05) is 81.4 Å². The Balaban J connectivity index is 1.29. The number of carbonyl (C=O) groups excluding carboxylic acids is 3. The van der Waals surface area contributed by atoms with Gasteiger partial charge in [0, 0.05) is 36.3 Å². The van der Waals surface area contributed by atoms with Gasteiger partial charge in [0.1, 0.15) is 17.3 Å². The number of halogens is 2. The number of hydrogen-bond donors (Lipinski definition) is 3. The molecule has 16 heteroatoms. The number of carbonyl (C=O) groups is 3. The summed E-state index contributed by atoms with van der Waals surface area (Å²) < 4.78 is 66.9. The minimum atomic E-state index is -5.81. The summed E-state index contributed by atoms with van der Waals surface area (Å²) >= 11 is 0.959. The minimum absolute atomic E-state index is 0.0299. The average Bonchev–Trinajstić information content (AvgIpc) is 3.52. The Labute approximate surface area is 303 Å². The van der Waals surface area contributed by atoms with Crippen molar-refractivity contribution in [3.63, 3.8) is 0 Å². The molecule has 0 spiro atoms. The number of amides is 3. The second kappa shape index (κ2) is 13.8. The quantitative estimate of drug-likeness (QED) is 0.216. The Morgan fingerprint density at radius 3 is 2.27 bits per heavy atom. The SMILES string of the molecule is CC(C)(C)[C@H](NC(=O)c1cc2cc(C(F)(F)P(=O)(O)O)ccc2s1)C(=O)N1Cc2ccccc2C[C@H]1C(=O)N1CCS(=O)(=O)[C@@H](c2ccccc2)C1. The largest absolute Gasteiger partial charge is 0.399 e. The number of fused-ring (bicyclic) bond motifs is 2. The van der Waals surface area contributed by atoms with Gasteiger partial charge in [-0.3, -0.25) is 18.9 Å². The van der Waals surface area contributed by atoms with Gasteiger partial charge in [0.25, 0.3) is 5.91 Å². The highest BCUT2D eigenvalue weighted by Gasteiger charge is 2.50. The monoisotopic (exact) mass is 773 g/mol. The molecule has 0 unspecified atom stereocenters. The number of hydrogen-bond acceptors (Lipinski definition) is 7. The molecule has 6 rings (SSSR count). The third-order valence-corrected chi connectivity index (χ3v) is 13.8. The molecule has 0 aliphatic carbocycles. The molecule has 3 amide bonds. The van der Waals surface area contributed by atoms with Gasteiger partial charge < -0.3 is 24.9 Å². The highest BCUT2D eigenvalue weighted by atomic mass is 32.2. The minimum Gasteiger partial charge on any atom is -0.339 e. The highest BCUT2D eigenvalue weighted by molar-refractivity contribution is 7.91. The summed E-state index contributed by atoms with van der Waals surface area (Å²) in [6.07, 6.45) is 0.183. The van der Waals surface area contributed by atoms with Crippen LogP contribution in [0.2, 0.25) is 0 Å². The molecule has 3 heterocycles. The normalized spacial score (nSPS) is 19.9. The van der Waals surface area contributed by atoms with Crippen molar-refractivity contribution >= 4 is 56.6 Å². The van der Waals surface area contributed by atoms with Crippen molar-refractivity contribution in [2.75, 3.05) is 18.8 Å². The van der Waals surface area contributed by atoms with Crippen LogP contribution in [0.4, 0.5) is 8.78 Å². The lowest BCUT2D eigenvalue weighted by molar-refractivity contribution is -0.149. The molecule has 1 saturated heterocycles. The molecule has 4 aromatic rings. The van der Waals surface area contributed by atoms with E-state index in [1.165, 1.54) is 21.9 Å². The first kappa shape index (κ1) is 37.7. The molecule has 2 aliphatic rings. The van der Waals surface area contributed by atoms with Crippen LogP contribution in [0.1, 0.15) is 57.9 Å². The van der Waals surface area contributed by atoms with Crippen LogP contribution < -0.4 is 5.32 Å². The number of thiophene rings is 1. The predicted molar refractivity (Wildman–Crippen MR) is 193 cm³/mol. The van der Waals surface area contributed by atoms with Gasteiger partial charge >= 0.3 is 13.3 Å². The van der Waals surface area contributed by atoms with E-state index in [1.54, 1.807) is 51.1 Å².